The first kappa shape index (κ1) is 14.2. The van der Waals surface area contributed by atoms with E-state index in [0.29, 0.717) is 0 Å². The molecule has 0 aromatic carbocycles. The highest BCUT2D eigenvalue weighted by Gasteiger charge is 2.06. The van der Waals surface area contributed by atoms with Gasteiger partial charge in [-0.2, -0.15) is 12.6 Å². The number of aliphatic carboxylic acids is 1. The second-order valence-corrected chi connectivity index (χ2v) is 2.56. The number of nitrogens with one attached hydrogen (secondary N) is 1. The zero-order valence-corrected chi connectivity index (χ0v) is 7.66. The molecule has 0 aliphatic carbocycles. The van der Waals surface area contributed by atoms with Gasteiger partial charge in [0.15, 0.2) is 0 Å². The fourth-order valence-electron chi connectivity index (χ4n) is 0.0781. The maximum atomic E-state index is 9.76. The Kier molecular flexibility index (Phi) is 10.3. The van der Waals surface area contributed by atoms with Gasteiger partial charge >= 0.3 is 5.97 Å². The lowest BCUT2D eigenvalue weighted by Crippen LogP contribution is -2.31. The Balaban J connectivity index is 0. The summed E-state index contributed by atoms with van der Waals surface area (Å²) in [7, 11) is -2.79. The second kappa shape index (κ2) is 8.74. The van der Waals surface area contributed by atoms with Crippen molar-refractivity contribution in [2.45, 2.75) is 6.04 Å². The van der Waals surface area contributed by atoms with Gasteiger partial charge in [0.25, 0.3) is 0 Å². The molecule has 0 aliphatic heterocycles. The molecule has 0 spiro atoms. The second-order valence-electron chi connectivity index (χ2n) is 1.48. The van der Waals surface area contributed by atoms with Crippen LogP contribution in [0.4, 0.5) is 0 Å². The standard InChI is InChI=1S/C3H7NO2S.H3NO3S/c4-2(1-7)3(5)6;2-1-5(3)4/h2,7H,1,4H2,(H,5,6);2,5H,(H,1,3,4). The minimum Gasteiger partial charge on any atom is -0.480 e. The van der Waals surface area contributed by atoms with E-state index in [1.807, 2.05) is 0 Å². The topological polar surface area (TPSA) is 130 Å². The van der Waals surface area contributed by atoms with Crippen LogP contribution in [0.1, 0.15) is 0 Å². The van der Waals surface area contributed by atoms with Crippen LogP contribution in [0.2, 0.25) is 0 Å². The third-order valence-corrected chi connectivity index (χ3v) is 1.15. The average molecular weight is 218 g/mol. The first-order valence-corrected chi connectivity index (χ1v) is 4.40. The summed E-state index contributed by atoms with van der Waals surface area (Å²) in [5.41, 5.74) is 4.94. The van der Waals surface area contributed by atoms with E-state index in [9.17, 15) is 4.79 Å². The highest BCUT2D eigenvalue weighted by atomic mass is 32.2. The van der Waals surface area contributed by atoms with Gasteiger partial charge < -0.3 is 16.0 Å². The van der Waals surface area contributed by atoms with E-state index in [-0.39, 0.29) is 5.75 Å². The summed E-state index contributed by atoms with van der Waals surface area (Å²) in [6.07, 6.45) is 0. The van der Waals surface area contributed by atoms with Crippen molar-refractivity contribution in [1.82, 2.24) is 4.89 Å². The van der Waals surface area contributed by atoms with Crippen LogP contribution in [-0.4, -0.2) is 36.5 Å². The lowest BCUT2D eigenvalue weighted by Gasteiger charge is -1.96. The van der Waals surface area contributed by atoms with Gasteiger partial charge in [-0.3, -0.25) is 4.79 Å². The molecule has 0 bridgehead atoms. The largest absolute Gasteiger partial charge is 0.480 e. The van der Waals surface area contributed by atoms with Crippen LogP contribution >= 0.6 is 12.6 Å². The van der Waals surface area contributed by atoms with E-state index in [2.05, 4.69) is 12.6 Å². The molecule has 9 heteroatoms. The number of hydrogen-bond acceptors (Lipinski definition) is 6. The highest BCUT2D eigenvalue weighted by Crippen LogP contribution is 1.80. The molecule has 0 aromatic rings. The number of hydrogen-bond donors (Lipinski definition) is 6. The van der Waals surface area contributed by atoms with Crippen LogP contribution in [0.15, 0.2) is 0 Å². The molecule has 12 heavy (non-hydrogen) atoms. The lowest BCUT2D eigenvalue weighted by atomic mass is 10.4. The van der Waals surface area contributed by atoms with E-state index in [1.54, 1.807) is 0 Å². The maximum Gasteiger partial charge on any atom is 0.321 e. The van der Waals surface area contributed by atoms with Gasteiger partial charge in [0.05, 0.1) is 0 Å². The van der Waals surface area contributed by atoms with Crippen molar-refractivity contribution < 1.29 is 23.5 Å². The van der Waals surface area contributed by atoms with E-state index >= 15 is 0 Å². The summed E-state index contributed by atoms with van der Waals surface area (Å²) >= 11 is 3.65. The summed E-state index contributed by atoms with van der Waals surface area (Å²) < 4.78 is 18.1. The number of carboxylic acids is 1. The molecule has 5 N–H and O–H groups in total. The lowest BCUT2D eigenvalue weighted by molar-refractivity contribution is -0.137. The Labute approximate surface area is 76.0 Å². The van der Waals surface area contributed by atoms with Crippen molar-refractivity contribution >= 4 is 29.5 Å². The molecule has 7 nitrogen and oxygen atoms in total. The van der Waals surface area contributed by atoms with E-state index < -0.39 is 22.9 Å². The van der Waals surface area contributed by atoms with Crippen LogP contribution in [0.25, 0.3) is 0 Å². The van der Waals surface area contributed by atoms with Gasteiger partial charge in [-0.25, -0.2) is 8.42 Å². The Bertz CT molecular complexity index is 185. The minimum atomic E-state index is -2.79. The summed E-state index contributed by atoms with van der Waals surface area (Å²) in [5, 5.41) is 15.3. The number of rotatable bonds is 3. The van der Waals surface area contributed by atoms with Crippen LogP contribution in [0.5, 0.6) is 0 Å². The van der Waals surface area contributed by atoms with Crippen molar-refractivity contribution in [3.05, 3.63) is 0 Å². The molecule has 0 saturated carbocycles. The Morgan fingerprint density at radius 1 is 1.67 bits per heavy atom. The summed E-state index contributed by atoms with van der Waals surface area (Å²) in [6, 6.07) is -0.816. The maximum absolute atomic E-state index is 9.76. The molecule has 0 aromatic heterocycles. The molecule has 0 amide bonds. The first-order valence-electron chi connectivity index (χ1n) is 2.59. The predicted molar refractivity (Wildman–Crippen MR) is 44.7 cm³/mol. The van der Waals surface area contributed by atoms with Crippen molar-refractivity contribution in [2.75, 3.05) is 5.75 Å². The number of carbonyl (C=O) groups is 1. The SMILES string of the molecule is NC(CS)C(=O)O.O=[SH](=O)NO. The van der Waals surface area contributed by atoms with Gasteiger partial charge in [0, 0.05) is 5.75 Å². The first-order chi connectivity index (χ1) is 5.45. The molecule has 0 rings (SSSR count). The van der Waals surface area contributed by atoms with Crippen LogP contribution in [0, 0.1) is 0 Å². The van der Waals surface area contributed by atoms with Gasteiger partial charge in [-0.15, -0.1) is 0 Å². The van der Waals surface area contributed by atoms with E-state index in [0.717, 1.165) is 4.89 Å². The van der Waals surface area contributed by atoms with Crippen molar-refractivity contribution in [3.8, 4) is 0 Å². The van der Waals surface area contributed by atoms with Gasteiger partial charge in [-0.05, 0) is 0 Å². The molecular formula is C3H10N2O5S2. The number of thiol groups is 2. The predicted octanol–water partition coefficient (Wildman–Crippen LogP) is -2.18. The summed E-state index contributed by atoms with van der Waals surface area (Å²) in [6.45, 7) is 0. The molecule has 0 heterocycles. The van der Waals surface area contributed by atoms with Gasteiger partial charge in [-0.1, -0.05) is 4.89 Å². The number of nitrogens with two attached hydrogens (primary N) is 1. The quantitative estimate of drug-likeness (QED) is 0.236. The summed E-state index contributed by atoms with van der Waals surface area (Å²) in [4.78, 5) is 10.7. The number of carboxylic acid groups (broad SMARTS) is 1. The zero-order valence-electron chi connectivity index (χ0n) is 5.88. The molecular weight excluding hydrogens is 208 g/mol. The molecule has 0 fully saturated rings. The normalized spacial score (nSPS) is 11.7. The molecule has 0 aliphatic rings. The average Bonchev–Trinajstić information content (AvgIpc) is 2.04. The van der Waals surface area contributed by atoms with Crippen LogP contribution < -0.4 is 10.6 Å². The Hall–Kier alpha value is -0.350. The highest BCUT2D eigenvalue weighted by molar-refractivity contribution is 7.80. The van der Waals surface area contributed by atoms with Gasteiger partial charge in [0.1, 0.15) is 6.04 Å². The van der Waals surface area contributed by atoms with Crippen molar-refractivity contribution in [1.29, 1.82) is 0 Å². The van der Waals surface area contributed by atoms with Crippen molar-refractivity contribution in [3.63, 3.8) is 0 Å². The minimum absolute atomic E-state index is 0.190. The molecule has 1 atom stereocenters. The monoisotopic (exact) mass is 218 g/mol. The Morgan fingerprint density at radius 3 is 2.00 bits per heavy atom. The van der Waals surface area contributed by atoms with Gasteiger partial charge in [0.2, 0.25) is 10.9 Å². The summed E-state index contributed by atoms with van der Waals surface area (Å²) in [5.74, 6) is -0.815. The van der Waals surface area contributed by atoms with Crippen molar-refractivity contribution in [2.24, 2.45) is 5.73 Å². The fraction of sp³-hybridized carbons (Fsp3) is 0.667. The molecule has 1 unspecified atom stereocenters. The van der Waals surface area contributed by atoms with Crippen LogP contribution in [0.3, 0.4) is 0 Å². The Morgan fingerprint density at radius 2 is 2.00 bits per heavy atom. The molecule has 74 valence electrons. The van der Waals surface area contributed by atoms with E-state index in [4.69, 9.17) is 24.5 Å². The molecule has 0 saturated heterocycles. The van der Waals surface area contributed by atoms with E-state index in [1.165, 1.54) is 0 Å². The van der Waals surface area contributed by atoms with Crippen LogP contribution in [-0.2, 0) is 15.7 Å². The third-order valence-electron chi connectivity index (χ3n) is 0.596. The zero-order chi connectivity index (χ0) is 10.1. The fourth-order valence-corrected chi connectivity index (χ4v) is 0.234. The third kappa shape index (κ3) is 12.3. The smallest absolute Gasteiger partial charge is 0.321 e. The molecule has 0 radical (unpaired) electrons.